The Morgan fingerprint density at radius 2 is 2.29 bits per heavy atom. The SMILES string of the molecule is Cc1nnc(SCC(=O)Nc2ccccc2Cl)n1CC1CCCO1. The maximum absolute atomic E-state index is 12.1. The van der Waals surface area contributed by atoms with Crippen molar-refractivity contribution in [3.05, 3.63) is 35.1 Å². The Hall–Kier alpha value is -1.57. The zero-order chi connectivity index (χ0) is 16.9. The fourth-order valence-corrected chi connectivity index (χ4v) is 3.53. The molecule has 8 heteroatoms. The molecule has 0 bridgehead atoms. The van der Waals surface area contributed by atoms with Gasteiger partial charge in [0.25, 0.3) is 0 Å². The van der Waals surface area contributed by atoms with Crippen molar-refractivity contribution in [3.8, 4) is 0 Å². The number of carbonyl (C=O) groups excluding carboxylic acids is 1. The number of aryl methyl sites for hydroxylation is 1. The number of hydrogen-bond acceptors (Lipinski definition) is 5. The lowest BCUT2D eigenvalue weighted by atomic mass is 10.2. The van der Waals surface area contributed by atoms with Crippen LogP contribution in [0.25, 0.3) is 0 Å². The number of para-hydroxylation sites is 1. The molecular formula is C16H19ClN4O2S. The van der Waals surface area contributed by atoms with Gasteiger partial charge in [0.1, 0.15) is 5.82 Å². The summed E-state index contributed by atoms with van der Waals surface area (Å²) in [7, 11) is 0. The average molecular weight is 367 g/mol. The first-order chi connectivity index (χ1) is 11.6. The number of rotatable bonds is 6. The van der Waals surface area contributed by atoms with E-state index >= 15 is 0 Å². The molecule has 1 unspecified atom stereocenters. The van der Waals surface area contributed by atoms with Crippen molar-refractivity contribution in [1.29, 1.82) is 0 Å². The minimum absolute atomic E-state index is 0.127. The second-order valence-electron chi connectivity index (χ2n) is 5.59. The molecule has 1 fully saturated rings. The number of aromatic nitrogens is 3. The zero-order valence-electron chi connectivity index (χ0n) is 13.4. The Morgan fingerprint density at radius 3 is 3.04 bits per heavy atom. The van der Waals surface area contributed by atoms with Crippen LogP contribution >= 0.6 is 23.4 Å². The molecule has 2 heterocycles. The molecule has 0 spiro atoms. The van der Waals surface area contributed by atoms with E-state index in [1.165, 1.54) is 11.8 Å². The van der Waals surface area contributed by atoms with Gasteiger partial charge in [-0.15, -0.1) is 10.2 Å². The summed E-state index contributed by atoms with van der Waals surface area (Å²) in [4.78, 5) is 12.1. The number of nitrogens with one attached hydrogen (secondary N) is 1. The van der Waals surface area contributed by atoms with Crippen LogP contribution in [0.3, 0.4) is 0 Å². The lowest BCUT2D eigenvalue weighted by Crippen LogP contribution is -2.18. The molecule has 3 rings (SSSR count). The van der Waals surface area contributed by atoms with Gasteiger partial charge < -0.3 is 14.6 Å². The first kappa shape index (κ1) is 17.3. The van der Waals surface area contributed by atoms with E-state index < -0.39 is 0 Å². The summed E-state index contributed by atoms with van der Waals surface area (Å²) in [6.45, 7) is 3.46. The molecule has 0 aliphatic carbocycles. The highest BCUT2D eigenvalue weighted by Crippen LogP contribution is 2.23. The van der Waals surface area contributed by atoms with Gasteiger partial charge in [0.05, 0.1) is 29.1 Å². The van der Waals surface area contributed by atoms with Gasteiger partial charge in [-0.25, -0.2) is 0 Å². The van der Waals surface area contributed by atoms with Crippen LogP contribution in [0.15, 0.2) is 29.4 Å². The molecule has 0 saturated carbocycles. The minimum atomic E-state index is -0.127. The summed E-state index contributed by atoms with van der Waals surface area (Å²) in [6, 6.07) is 7.17. The number of ether oxygens (including phenoxy) is 1. The molecule has 1 N–H and O–H groups in total. The summed E-state index contributed by atoms with van der Waals surface area (Å²) in [5.74, 6) is 0.950. The molecule has 1 saturated heterocycles. The number of hydrogen-bond donors (Lipinski definition) is 1. The van der Waals surface area contributed by atoms with Crippen molar-refractivity contribution in [2.45, 2.75) is 37.6 Å². The van der Waals surface area contributed by atoms with Gasteiger partial charge in [-0.1, -0.05) is 35.5 Å². The summed E-state index contributed by atoms with van der Waals surface area (Å²) < 4.78 is 7.69. The summed E-state index contributed by atoms with van der Waals surface area (Å²) in [5.41, 5.74) is 0.613. The molecule has 1 aromatic carbocycles. The van der Waals surface area contributed by atoms with Crippen molar-refractivity contribution in [3.63, 3.8) is 0 Å². The van der Waals surface area contributed by atoms with Crippen molar-refractivity contribution in [2.75, 3.05) is 17.7 Å². The van der Waals surface area contributed by atoms with Gasteiger partial charge in [-0.3, -0.25) is 4.79 Å². The van der Waals surface area contributed by atoms with Crippen LogP contribution < -0.4 is 5.32 Å². The molecule has 6 nitrogen and oxygen atoms in total. The monoisotopic (exact) mass is 366 g/mol. The molecule has 1 amide bonds. The molecule has 24 heavy (non-hydrogen) atoms. The van der Waals surface area contributed by atoms with Gasteiger partial charge >= 0.3 is 0 Å². The summed E-state index contributed by atoms with van der Waals surface area (Å²) >= 11 is 7.41. The van der Waals surface area contributed by atoms with Crippen LogP contribution in [0.1, 0.15) is 18.7 Å². The lowest BCUT2D eigenvalue weighted by molar-refractivity contribution is -0.113. The first-order valence-corrected chi connectivity index (χ1v) is 9.18. The number of halogens is 1. The predicted molar refractivity (Wildman–Crippen MR) is 94.5 cm³/mol. The Kier molecular flexibility index (Phi) is 5.76. The van der Waals surface area contributed by atoms with E-state index in [4.69, 9.17) is 16.3 Å². The Bertz CT molecular complexity index is 716. The molecule has 1 aliphatic heterocycles. The molecule has 128 valence electrons. The zero-order valence-corrected chi connectivity index (χ0v) is 14.9. The maximum Gasteiger partial charge on any atom is 0.234 e. The van der Waals surface area contributed by atoms with Crippen LogP contribution in [0.4, 0.5) is 5.69 Å². The summed E-state index contributed by atoms with van der Waals surface area (Å²) in [5, 5.41) is 12.3. The van der Waals surface area contributed by atoms with Crippen LogP contribution in [-0.2, 0) is 16.1 Å². The van der Waals surface area contributed by atoms with Crippen molar-refractivity contribution in [1.82, 2.24) is 14.8 Å². The van der Waals surface area contributed by atoms with Crippen LogP contribution in [0, 0.1) is 6.92 Å². The molecule has 0 radical (unpaired) electrons. The standard InChI is InChI=1S/C16H19ClN4O2S/c1-11-19-20-16(21(11)9-12-5-4-8-23-12)24-10-15(22)18-14-7-3-2-6-13(14)17/h2-3,6-7,12H,4-5,8-10H2,1H3,(H,18,22). The largest absolute Gasteiger partial charge is 0.376 e. The van der Waals surface area contributed by atoms with Gasteiger partial charge in [-0.05, 0) is 31.9 Å². The van der Waals surface area contributed by atoms with E-state index in [1.807, 2.05) is 23.6 Å². The number of benzene rings is 1. The van der Waals surface area contributed by atoms with Crippen LogP contribution in [0.2, 0.25) is 5.02 Å². The van der Waals surface area contributed by atoms with E-state index in [1.54, 1.807) is 12.1 Å². The van der Waals surface area contributed by atoms with Crippen molar-refractivity contribution < 1.29 is 9.53 Å². The minimum Gasteiger partial charge on any atom is -0.376 e. The Morgan fingerprint density at radius 1 is 1.46 bits per heavy atom. The Labute approximate surface area is 149 Å². The topological polar surface area (TPSA) is 69.0 Å². The fraction of sp³-hybridized carbons (Fsp3) is 0.438. The average Bonchev–Trinajstić information content (AvgIpc) is 3.19. The second-order valence-corrected chi connectivity index (χ2v) is 6.94. The molecule has 1 atom stereocenters. The smallest absolute Gasteiger partial charge is 0.234 e. The third kappa shape index (κ3) is 4.28. The number of nitrogens with zero attached hydrogens (tertiary/aromatic N) is 3. The van der Waals surface area contributed by atoms with Gasteiger partial charge in [0.2, 0.25) is 5.91 Å². The number of thioether (sulfide) groups is 1. The molecule has 1 aromatic heterocycles. The fourth-order valence-electron chi connectivity index (χ4n) is 2.55. The van der Waals surface area contributed by atoms with Crippen molar-refractivity contribution in [2.24, 2.45) is 0 Å². The van der Waals surface area contributed by atoms with Crippen molar-refractivity contribution >= 4 is 35.0 Å². The maximum atomic E-state index is 12.1. The second kappa shape index (κ2) is 8.00. The first-order valence-electron chi connectivity index (χ1n) is 7.82. The predicted octanol–water partition coefficient (Wildman–Crippen LogP) is 3.15. The quantitative estimate of drug-likeness (QED) is 0.795. The van der Waals surface area contributed by atoms with Gasteiger partial charge in [0, 0.05) is 6.61 Å². The summed E-state index contributed by atoms with van der Waals surface area (Å²) in [6.07, 6.45) is 2.35. The molecule has 2 aromatic rings. The third-order valence-electron chi connectivity index (χ3n) is 3.79. The number of amides is 1. The molecule has 1 aliphatic rings. The highest BCUT2D eigenvalue weighted by molar-refractivity contribution is 7.99. The number of carbonyl (C=O) groups is 1. The normalized spacial score (nSPS) is 17.2. The highest BCUT2D eigenvalue weighted by atomic mass is 35.5. The Balaban J connectivity index is 1.58. The van der Waals surface area contributed by atoms with Crippen LogP contribution in [-0.4, -0.2) is 39.1 Å². The molecular weight excluding hydrogens is 348 g/mol. The van der Waals surface area contributed by atoms with E-state index in [0.717, 1.165) is 37.0 Å². The third-order valence-corrected chi connectivity index (χ3v) is 5.09. The van der Waals surface area contributed by atoms with Gasteiger partial charge in [-0.2, -0.15) is 0 Å². The van der Waals surface area contributed by atoms with E-state index in [2.05, 4.69) is 15.5 Å². The van der Waals surface area contributed by atoms with Crippen LogP contribution in [0.5, 0.6) is 0 Å². The van der Waals surface area contributed by atoms with E-state index in [9.17, 15) is 4.79 Å². The van der Waals surface area contributed by atoms with E-state index in [0.29, 0.717) is 10.7 Å². The van der Waals surface area contributed by atoms with E-state index in [-0.39, 0.29) is 17.8 Å². The lowest BCUT2D eigenvalue weighted by Gasteiger charge is -2.13. The van der Waals surface area contributed by atoms with Gasteiger partial charge in [0.15, 0.2) is 5.16 Å². The highest BCUT2D eigenvalue weighted by Gasteiger charge is 2.20. The number of anilines is 1.